The Morgan fingerprint density at radius 3 is 2.65 bits per heavy atom. The van der Waals surface area contributed by atoms with Crippen molar-refractivity contribution in [3.8, 4) is 11.4 Å². The molecule has 0 unspecified atom stereocenters. The lowest BCUT2D eigenvalue weighted by molar-refractivity contribution is 0.0952. The first-order chi connectivity index (χ1) is 11.2. The molecule has 0 aliphatic carbocycles. The minimum atomic E-state index is -0.126. The third-order valence-corrected chi connectivity index (χ3v) is 3.55. The molecule has 1 N–H and O–H groups in total. The van der Waals surface area contributed by atoms with Gasteiger partial charge >= 0.3 is 0 Å². The Morgan fingerprint density at radius 2 is 1.91 bits per heavy atom. The number of amides is 1. The van der Waals surface area contributed by atoms with Gasteiger partial charge in [0.2, 0.25) is 0 Å². The van der Waals surface area contributed by atoms with E-state index in [2.05, 4.69) is 15.4 Å². The van der Waals surface area contributed by atoms with Gasteiger partial charge in [0, 0.05) is 29.5 Å². The second-order valence-corrected chi connectivity index (χ2v) is 5.38. The third-order valence-electron chi connectivity index (χ3n) is 3.30. The van der Waals surface area contributed by atoms with E-state index in [0.717, 1.165) is 11.4 Å². The molecule has 3 rings (SSSR count). The normalized spacial score (nSPS) is 10.5. The van der Waals surface area contributed by atoms with E-state index in [1.54, 1.807) is 35.1 Å². The van der Waals surface area contributed by atoms with Crippen molar-refractivity contribution in [2.24, 2.45) is 0 Å². The second-order valence-electron chi connectivity index (χ2n) is 4.94. The van der Waals surface area contributed by atoms with E-state index in [4.69, 9.17) is 11.6 Å². The van der Waals surface area contributed by atoms with Crippen LogP contribution < -0.4 is 5.32 Å². The topological polar surface area (TPSA) is 59.8 Å². The van der Waals surface area contributed by atoms with E-state index in [9.17, 15) is 4.79 Å². The smallest absolute Gasteiger partial charge is 0.251 e. The highest BCUT2D eigenvalue weighted by atomic mass is 35.5. The van der Waals surface area contributed by atoms with E-state index in [1.165, 1.54) is 0 Å². The molecule has 0 saturated carbocycles. The Kier molecular flexibility index (Phi) is 4.68. The van der Waals surface area contributed by atoms with Crippen LogP contribution in [0.5, 0.6) is 0 Å². The standard InChI is InChI=1S/C17H15ClN4O/c18-14-6-4-13(5-7-14)17(23)20-10-12-22-11-8-16(21-22)15-3-1-2-9-19-15/h1-9,11H,10,12H2,(H,20,23). The van der Waals surface area contributed by atoms with Crippen LogP contribution in [0.25, 0.3) is 11.4 Å². The van der Waals surface area contributed by atoms with Gasteiger partial charge in [0.1, 0.15) is 5.69 Å². The number of halogens is 1. The van der Waals surface area contributed by atoms with Crippen molar-refractivity contribution in [1.29, 1.82) is 0 Å². The summed E-state index contributed by atoms with van der Waals surface area (Å²) in [6.07, 6.45) is 3.61. The van der Waals surface area contributed by atoms with E-state index in [1.807, 2.05) is 30.5 Å². The Morgan fingerprint density at radius 1 is 1.09 bits per heavy atom. The fraction of sp³-hybridized carbons (Fsp3) is 0.118. The average molecular weight is 327 g/mol. The van der Waals surface area contributed by atoms with Gasteiger partial charge in [-0.1, -0.05) is 17.7 Å². The van der Waals surface area contributed by atoms with Crippen LogP contribution in [0, 0.1) is 0 Å². The molecule has 0 saturated heterocycles. The molecule has 0 radical (unpaired) electrons. The zero-order chi connectivity index (χ0) is 16.1. The van der Waals surface area contributed by atoms with Gasteiger partial charge in [-0.25, -0.2) is 0 Å². The molecule has 0 spiro atoms. The van der Waals surface area contributed by atoms with E-state index in [0.29, 0.717) is 23.7 Å². The van der Waals surface area contributed by atoms with Crippen LogP contribution in [-0.2, 0) is 6.54 Å². The van der Waals surface area contributed by atoms with Crippen LogP contribution in [0.2, 0.25) is 5.02 Å². The van der Waals surface area contributed by atoms with E-state index >= 15 is 0 Å². The molecule has 116 valence electrons. The number of nitrogens with one attached hydrogen (secondary N) is 1. The van der Waals surface area contributed by atoms with Crippen LogP contribution in [-0.4, -0.2) is 27.2 Å². The molecule has 1 aromatic carbocycles. The number of rotatable bonds is 5. The first-order valence-corrected chi connectivity index (χ1v) is 7.59. The second kappa shape index (κ2) is 7.07. The Hall–Kier alpha value is -2.66. The first-order valence-electron chi connectivity index (χ1n) is 7.21. The molecular weight excluding hydrogens is 312 g/mol. The van der Waals surface area contributed by atoms with Crippen molar-refractivity contribution >= 4 is 17.5 Å². The number of hydrogen-bond acceptors (Lipinski definition) is 3. The SMILES string of the molecule is O=C(NCCn1ccc(-c2ccccn2)n1)c1ccc(Cl)cc1. The van der Waals surface area contributed by atoms with Crippen molar-refractivity contribution in [2.45, 2.75) is 6.54 Å². The number of carbonyl (C=O) groups is 1. The first kappa shape index (κ1) is 15.2. The largest absolute Gasteiger partial charge is 0.350 e. The average Bonchev–Trinajstić information content (AvgIpc) is 3.05. The molecule has 6 heteroatoms. The lowest BCUT2D eigenvalue weighted by atomic mass is 10.2. The Bertz CT molecular complexity index is 784. The van der Waals surface area contributed by atoms with Crippen molar-refractivity contribution < 1.29 is 4.79 Å². The molecular formula is C17H15ClN4O. The lowest BCUT2D eigenvalue weighted by Gasteiger charge is -2.05. The molecule has 2 aromatic heterocycles. The van der Waals surface area contributed by atoms with Gasteiger partial charge in [0.15, 0.2) is 0 Å². The summed E-state index contributed by atoms with van der Waals surface area (Å²) in [6, 6.07) is 14.4. The van der Waals surface area contributed by atoms with Crippen LogP contribution >= 0.6 is 11.6 Å². The van der Waals surface area contributed by atoms with Gasteiger partial charge < -0.3 is 5.32 Å². The van der Waals surface area contributed by atoms with Crippen molar-refractivity contribution in [2.75, 3.05) is 6.54 Å². The fourth-order valence-electron chi connectivity index (χ4n) is 2.12. The summed E-state index contributed by atoms with van der Waals surface area (Å²) >= 11 is 5.81. The van der Waals surface area contributed by atoms with Crippen molar-refractivity contribution in [3.05, 3.63) is 71.5 Å². The number of nitrogens with zero attached hydrogens (tertiary/aromatic N) is 3. The monoisotopic (exact) mass is 326 g/mol. The number of benzene rings is 1. The lowest BCUT2D eigenvalue weighted by Crippen LogP contribution is -2.27. The summed E-state index contributed by atoms with van der Waals surface area (Å²) in [6.45, 7) is 1.08. The number of aromatic nitrogens is 3. The molecule has 0 fully saturated rings. The summed E-state index contributed by atoms with van der Waals surface area (Å²) in [5.74, 6) is -0.126. The zero-order valence-electron chi connectivity index (χ0n) is 12.3. The molecule has 0 aliphatic rings. The summed E-state index contributed by atoms with van der Waals surface area (Å²) < 4.78 is 1.78. The maximum absolute atomic E-state index is 12.0. The van der Waals surface area contributed by atoms with Crippen molar-refractivity contribution in [3.63, 3.8) is 0 Å². The van der Waals surface area contributed by atoms with Gasteiger partial charge in [-0.05, 0) is 42.5 Å². The van der Waals surface area contributed by atoms with Crippen molar-refractivity contribution in [1.82, 2.24) is 20.1 Å². The number of carbonyl (C=O) groups excluding carboxylic acids is 1. The summed E-state index contributed by atoms with van der Waals surface area (Å²) in [5, 5.41) is 7.92. The maximum Gasteiger partial charge on any atom is 0.251 e. The number of hydrogen-bond donors (Lipinski definition) is 1. The zero-order valence-corrected chi connectivity index (χ0v) is 13.1. The molecule has 2 heterocycles. The van der Waals surface area contributed by atoms with Gasteiger partial charge in [0.05, 0.1) is 12.2 Å². The quantitative estimate of drug-likeness (QED) is 0.784. The summed E-state index contributed by atoms with van der Waals surface area (Å²) in [7, 11) is 0. The van der Waals surface area contributed by atoms with Crippen LogP contribution in [0.1, 0.15) is 10.4 Å². The maximum atomic E-state index is 12.0. The number of pyridine rings is 1. The molecule has 0 bridgehead atoms. The summed E-state index contributed by atoms with van der Waals surface area (Å²) in [4.78, 5) is 16.2. The van der Waals surface area contributed by atoms with Gasteiger partial charge in [-0.2, -0.15) is 5.10 Å². The summed E-state index contributed by atoms with van der Waals surface area (Å²) in [5.41, 5.74) is 2.23. The third kappa shape index (κ3) is 3.96. The molecule has 5 nitrogen and oxygen atoms in total. The highest BCUT2D eigenvalue weighted by molar-refractivity contribution is 6.30. The predicted octanol–water partition coefficient (Wildman–Crippen LogP) is 3.03. The minimum Gasteiger partial charge on any atom is -0.350 e. The Balaban J connectivity index is 1.54. The van der Waals surface area contributed by atoms with Gasteiger partial charge in [-0.15, -0.1) is 0 Å². The van der Waals surface area contributed by atoms with Crippen LogP contribution in [0.4, 0.5) is 0 Å². The molecule has 23 heavy (non-hydrogen) atoms. The molecule has 1 amide bonds. The Labute approximate surface area is 138 Å². The molecule has 0 atom stereocenters. The van der Waals surface area contributed by atoms with Crippen LogP contribution in [0.15, 0.2) is 60.9 Å². The van der Waals surface area contributed by atoms with Crippen LogP contribution in [0.3, 0.4) is 0 Å². The molecule has 0 aliphatic heterocycles. The predicted molar refractivity (Wildman–Crippen MR) is 89.2 cm³/mol. The minimum absolute atomic E-state index is 0.126. The van der Waals surface area contributed by atoms with Gasteiger partial charge in [0.25, 0.3) is 5.91 Å². The van der Waals surface area contributed by atoms with E-state index < -0.39 is 0 Å². The highest BCUT2D eigenvalue weighted by Gasteiger charge is 2.06. The van der Waals surface area contributed by atoms with E-state index in [-0.39, 0.29) is 5.91 Å². The van der Waals surface area contributed by atoms with Gasteiger partial charge in [-0.3, -0.25) is 14.5 Å². The fourth-order valence-corrected chi connectivity index (χ4v) is 2.25. The highest BCUT2D eigenvalue weighted by Crippen LogP contribution is 2.12. The molecule has 3 aromatic rings.